The van der Waals surface area contributed by atoms with Crippen LogP contribution in [0.2, 0.25) is 0 Å². The summed E-state index contributed by atoms with van der Waals surface area (Å²) in [5, 5.41) is 12.1. The largest absolute Gasteiger partial charge is 0.391 e. The number of carbonyl (C=O) groups is 1. The predicted octanol–water partition coefficient (Wildman–Crippen LogP) is 0.869. The Hall–Kier alpha value is -1.86. The molecule has 0 aliphatic heterocycles. The standard InChI is InChI=1S/C13H14FNO2/c1-2-4-13(17)15-9-12(16)8-10-5-3-6-11(14)7-10/h3,5-7,12,16H,8-9H2,1H3,(H,15,17). The van der Waals surface area contributed by atoms with E-state index in [2.05, 4.69) is 17.2 Å². The SMILES string of the molecule is CC#CC(=O)NCC(O)Cc1cccc(F)c1. The van der Waals surface area contributed by atoms with Crippen LogP contribution in [-0.4, -0.2) is 23.7 Å². The van der Waals surface area contributed by atoms with Crippen LogP contribution in [0.4, 0.5) is 4.39 Å². The Bertz CT molecular complexity index is 448. The molecule has 0 saturated heterocycles. The highest BCUT2D eigenvalue weighted by atomic mass is 19.1. The molecular formula is C13H14FNO2. The lowest BCUT2D eigenvalue weighted by Crippen LogP contribution is -2.32. The number of halogens is 1. The minimum atomic E-state index is -0.751. The maximum Gasteiger partial charge on any atom is 0.295 e. The van der Waals surface area contributed by atoms with Gasteiger partial charge in [0.25, 0.3) is 5.91 Å². The van der Waals surface area contributed by atoms with Crippen molar-refractivity contribution in [3.8, 4) is 11.8 Å². The number of carbonyl (C=O) groups excluding carboxylic acids is 1. The van der Waals surface area contributed by atoms with Gasteiger partial charge < -0.3 is 10.4 Å². The van der Waals surface area contributed by atoms with Crippen molar-refractivity contribution in [3.63, 3.8) is 0 Å². The molecule has 1 amide bonds. The molecule has 90 valence electrons. The van der Waals surface area contributed by atoms with Gasteiger partial charge in [-0.3, -0.25) is 4.79 Å². The molecule has 4 heteroatoms. The lowest BCUT2D eigenvalue weighted by molar-refractivity contribution is -0.116. The topological polar surface area (TPSA) is 49.3 Å². The van der Waals surface area contributed by atoms with Crippen molar-refractivity contribution < 1.29 is 14.3 Å². The molecule has 0 aliphatic carbocycles. The van der Waals surface area contributed by atoms with Crippen LogP contribution in [-0.2, 0) is 11.2 Å². The van der Waals surface area contributed by atoms with Crippen molar-refractivity contribution in [1.82, 2.24) is 5.32 Å². The van der Waals surface area contributed by atoms with Gasteiger partial charge in [-0.2, -0.15) is 0 Å². The van der Waals surface area contributed by atoms with Gasteiger partial charge in [-0.05, 0) is 30.5 Å². The zero-order chi connectivity index (χ0) is 12.7. The van der Waals surface area contributed by atoms with Crippen LogP contribution in [0.15, 0.2) is 24.3 Å². The van der Waals surface area contributed by atoms with Gasteiger partial charge in [-0.1, -0.05) is 18.1 Å². The highest BCUT2D eigenvalue weighted by molar-refractivity contribution is 5.93. The Morgan fingerprint density at radius 3 is 3.00 bits per heavy atom. The normalized spacial score (nSPS) is 11.2. The van der Waals surface area contributed by atoms with Crippen molar-refractivity contribution >= 4 is 5.91 Å². The molecule has 0 saturated carbocycles. The fourth-order valence-corrected chi connectivity index (χ4v) is 1.38. The van der Waals surface area contributed by atoms with Crippen LogP contribution < -0.4 is 5.32 Å². The first-order chi connectivity index (χ1) is 8.11. The molecule has 17 heavy (non-hydrogen) atoms. The van der Waals surface area contributed by atoms with Gasteiger partial charge in [0, 0.05) is 13.0 Å². The van der Waals surface area contributed by atoms with Crippen LogP contribution in [0.5, 0.6) is 0 Å². The number of aliphatic hydroxyl groups excluding tert-OH is 1. The van der Waals surface area contributed by atoms with Gasteiger partial charge in [0.05, 0.1) is 6.10 Å². The second kappa shape index (κ2) is 6.66. The van der Waals surface area contributed by atoms with Crippen molar-refractivity contribution in [1.29, 1.82) is 0 Å². The molecule has 1 unspecified atom stereocenters. The summed E-state index contributed by atoms with van der Waals surface area (Å²) in [6.07, 6.45) is -0.461. The minimum Gasteiger partial charge on any atom is -0.391 e. The first kappa shape index (κ1) is 13.2. The third kappa shape index (κ3) is 5.14. The molecule has 2 N–H and O–H groups in total. The van der Waals surface area contributed by atoms with Crippen molar-refractivity contribution in [2.24, 2.45) is 0 Å². The van der Waals surface area contributed by atoms with E-state index >= 15 is 0 Å². The molecule has 1 rings (SSSR count). The predicted molar refractivity (Wildman–Crippen MR) is 62.6 cm³/mol. The molecule has 0 radical (unpaired) electrons. The van der Waals surface area contributed by atoms with Crippen molar-refractivity contribution in [2.75, 3.05) is 6.54 Å². The quantitative estimate of drug-likeness (QED) is 0.761. The highest BCUT2D eigenvalue weighted by Crippen LogP contribution is 2.06. The van der Waals surface area contributed by atoms with E-state index in [0.29, 0.717) is 5.56 Å². The monoisotopic (exact) mass is 235 g/mol. The van der Waals surface area contributed by atoms with Crippen molar-refractivity contribution in [3.05, 3.63) is 35.6 Å². The van der Waals surface area contributed by atoms with Crippen LogP contribution in [0, 0.1) is 17.7 Å². The maximum absolute atomic E-state index is 12.9. The van der Waals surface area contributed by atoms with E-state index in [4.69, 9.17) is 0 Å². The van der Waals surface area contributed by atoms with Gasteiger partial charge in [0.15, 0.2) is 0 Å². The van der Waals surface area contributed by atoms with Gasteiger partial charge >= 0.3 is 0 Å². The van der Waals surface area contributed by atoms with Crippen LogP contribution >= 0.6 is 0 Å². The van der Waals surface area contributed by atoms with Gasteiger partial charge in [-0.25, -0.2) is 4.39 Å². The van der Waals surface area contributed by atoms with E-state index < -0.39 is 12.0 Å². The Kier molecular flexibility index (Phi) is 5.18. The van der Waals surface area contributed by atoms with Gasteiger partial charge in [0.1, 0.15) is 5.82 Å². The summed E-state index contributed by atoms with van der Waals surface area (Å²) in [6, 6.07) is 6.00. The van der Waals surface area contributed by atoms with E-state index in [9.17, 15) is 14.3 Å². The molecule has 1 aromatic rings. The fourth-order valence-electron chi connectivity index (χ4n) is 1.38. The molecule has 1 aromatic carbocycles. The summed E-state index contributed by atoms with van der Waals surface area (Å²) in [5.74, 6) is 4.00. The molecule has 0 bridgehead atoms. The molecule has 0 heterocycles. The van der Waals surface area contributed by atoms with E-state index in [-0.39, 0.29) is 18.8 Å². The number of hydrogen-bond donors (Lipinski definition) is 2. The minimum absolute atomic E-state index is 0.101. The summed E-state index contributed by atoms with van der Waals surface area (Å²) in [4.78, 5) is 11.0. The van der Waals surface area contributed by atoms with Crippen LogP contribution in [0.1, 0.15) is 12.5 Å². The van der Waals surface area contributed by atoms with E-state index in [1.165, 1.54) is 12.1 Å². The average Bonchev–Trinajstić information content (AvgIpc) is 2.27. The Morgan fingerprint density at radius 1 is 1.59 bits per heavy atom. The number of nitrogens with one attached hydrogen (secondary N) is 1. The number of benzene rings is 1. The summed E-state index contributed by atoms with van der Waals surface area (Å²) in [5.41, 5.74) is 0.688. The number of amides is 1. The molecule has 0 spiro atoms. The third-order valence-electron chi connectivity index (χ3n) is 2.10. The molecular weight excluding hydrogens is 221 g/mol. The first-order valence-corrected chi connectivity index (χ1v) is 5.25. The van der Waals surface area contributed by atoms with Crippen molar-refractivity contribution in [2.45, 2.75) is 19.4 Å². The number of aliphatic hydroxyl groups is 1. The molecule has 0 aromatic heterocycles. The summed E-state index contributed by atoms with van der Waals surface area (Å²) in [7, 11) is 0. The average molecular weight is 235 g/mol. The second-order valence-corrected chi connectivity index (χ2v) is 3.57. The smallest absolute Gasteiger partial charge is 0.295 e. The highest BCUT2D eigenvalue weighted by Gasteiger charge is 2.07. The summed E-state index contributed by atoms with van der Waals surface area (Å²) in [6.45, 7) is 1.66. The zero-order valence-corrected chi connectivity index (χ0v) is 9.53. The summed E-state index contributed by atoms with van der Waals surface area (Å²) >= 11 is 0. The fraction of sp³-hybridized carbons (Fsp3) is 0.308. The van der Waals surface area contributed by atoms with Gasteiger partial charge in [-0.15, -0.1) is 0 Å². The molecule has 0 fully saturated rings. The molecule has 0 aliphatic rings. The Morgan fingerprint density at radius 2 is 2.35 bits per heavy atom. The maximum atomic E-state index is 12.9. The van der Waals surface area contributed by atoms with Gasteiger partial charge in [0.2, 0.25) is 0 Å². The van der Waals surface area contributed by atoms with E-state index in [1.54, 1.807) is 19.1 Å². The Labute approximate surface area is 99.7 Å². The lowest BCUT2D eigenvalue weighted by atomic mass is 10.1. The zero-order valence-electron chi connectivity index (χ0n) is 9.53. The van der Waals surface area contributed by atoms with Crippen LogP contribution in [0.25, 0.3) is 0 Å². The van der Waals surface area contributed by atoms with E-state index in [1.807, 2.05) is 0 Å². The number of hydrogen-bond acceptors (Lipinski definition) is 2. The molecule has 1 atom stereocenters. The van der Waals surface area contributed by atoms with E-state index in [0.717, 1.165) is 0 Å². The third-order valence-corrected chi connectivity index (χ3v) is 2.10. The number of rotatable bonds is 4. The second-order valence-electron chi connectivity index (χ2n) is 3.57. The Balaban J connectivity index is 2.41. The summed E-state index contributed by atoms with van der Waals surface area (Å²) < 4.78 is 12.9. The van der Waals surface area contributed by atoms with Crippen LogP contribution in [0.3, 0.4) is 0 Å². The first-order valence-electron chi connectivity index (χ1n) is 5.25. The lowest BCUT2D eigenvalue weighted by Gasteiger charge is -2.10. The molecule has 3 nitrogen and oxygen atoms in total.